The molecule has 0 spiro atoms. The largest absolute Gasteiger partial charge is 0.496 e. The predicted molar refractivity (Wildman–Crippen MR) is 93.5 cm³/mol. The molecule has 3 aromatic rings. The molecule has 0 saturated carbocycles. The number of carbonyl (C=O) groups excluding carboxylic acids is 1. The number of nitrogens with one attached hydrogen (secondary N) is 1. The van der Waals surface area contributed by atoms with Crippen molar-refractivity contribution < 1.29 is 14.1 Å². The van der Waals surface area contributed by atoms with Gasteiger partial charge in [-0.3, -0.25) is 4.79 Å². The summed E-state index contributed by atoms with van der Waals surface area (Å²) in [6.07, 6.45) is 0.458. The van der Waals surface area contributed by atoms with E-state index >= 15 is 0 Å². The van der Waals surface area contributed by atoms with Crippen LogP contribution in [0.25, 0.3) is 11.4 Å². The highest BCUT2D eigenvalue weighted by atomic mass is 16.5. The van der Waals surface area contributed by atoms with Gasteiger partial charge in [-0.25, -0.2) is 0 Å². The number of methoxy groups -OCH3 is 1. The van der Waals surface area contributed by atoms with Crippen molar-refractivity contribution in [1.82, 2.24) is 15.5 Å². The molecule has 0 aliphatic rings. The molecule has 0 saturated heterocycles. The number of aryl methyl sites for hydroxylation is 1. The Morgan fingerprint density at radius 1 is 1.16 bits per heavy atom. The monoisotopic (exact) mass is 337 g/mol. The third-order valence-corrected chi connectivity index (χ3v) is 3.75. The summed E-state index contributed by atoms with van der Waals surface area (Å²) in [6.45, 7) is 2.42. The predicted octanol–water partition coefficient (Wildman–Crippen LogP) is 3.03. The Labute approximate surface area is 145 Å². The van der Waals surface area contributed by atoms with Gasteiger partial charge in [-0.1, -0.05) is 47.1 Å². The lowest BCUT2D eigenvalue weighted by atomic mass is 10.1. The van der Waals surface area contributed by atoms with Crippen molar-refractivity contribution >= 4 is 5.91 Å². The molecular weight excluding hydrogens is 318 g/mol. The minimum Gasteiger partial charge on any atom is -0.496 e. The standard InChI is InChI=1S/C19H19N3O3/c1-13-7-9-14(10-8-13)18-21-17(25-22-18)11-12-20-19(23)15-5-3-4-6-16(15)24-2/h3-10H,11-12H2,1-2H3,(H,20,23). The summed E-state index contributed by atoms with van der Waals surface area (Å²) in [6, 6.07) is 15.0. The summed E-state index contributed by atoms with van der Waals surface area (Å²) < 4.78 is 10.4. The van der Waals surface area contributed by atoms with Crippen LogP contribution in [0, 0.1) is 6.92 Å². The normalized spacial score (nSPS) is 10.5. The molecule has 1 aromatic heterocycles. The Kier molecular flexibility index (Phi) is 5.09. The number of hydrogen-bond acceptors (Lipinski definition) is 5. The topological polar surface area (TPSA) is 77.2 Å². The average molecular weight is 337 g/mol. The fourth-order valence-corrected chi connectivity index (χ4v) is 2.39. The third-order valence-electron chi connectivity index (χ3n) is 3.75. The number of ether oxygens (including phenoxy) is 1. The zero-order valence-corrected chi connectivity index (χ0v) is 14.2. The molecule has 0 atom stereocenters. The van der Waals surface area contributed by atoms with E-state index in [4.69, 9.17) is 9.26 Å². The molecule has 0 fully saturated rings. The minimum absolute atomic E-state index is 0.198. The fourth-order valence-electron chi connectivity index (χ4n) is 2.39. The summed E-state index contributed by atoms with van der Waals surface area (Å²) in [5.41, 5.74) is 2.57. The molecule has 25 heavy (non-hydrogen) atoms. The molecule has 0 bridgehead atoms. The van der Waals surface area contributed by atoms with Crippen molar-refractivity contribution in [2.24, 2.45) is 0 Å². The SMILES string of the molecule is COc1ccccc1C(=O)NCCc1nc(-c2ccc(C)cc2)no1. The summed E-state index contributed by atoms with van der Waals surface area (Å²) in [5.74, 6) is 1.37. The fraction of sp³-hybridized carbons (Fsp3) is 0.211. The van der Waals surface area contributed by atoms with Crippen molar-refractivity contribution in [2.45, 2.75) is 13.3 Å². The number of carbonyl (C=O) groups is 1. The second-order valence-electron chi connectivity index (χ2n) is 5.58. The first kappa shape index (κ1) is 16.7. The van der Waals surface area contributed by atoms with Gasteiger partial charge in [-0.15, -0.1) is 0 Å². The summed E-state index contributed by atoms with van der Waals surface area (Å²) >= 11 is 0. The van der Waals surface area contributed by atoms with E-state index < -0.39 is 0 Å². The second kappa shape index (κ2) is 7.61. The van der Waals surface area contributed by atoms with Crippen molar-refractivity contribution in [3.63, 3.8) is 0 Å². The lowest BCUT2D eigenvalue weighted by Crippen LogP contribution is -2.26. The molecule has 1 amide bonds. The molecule has 6 heteroatoms. The number of benzene rings is 2. The summed E-state index contributed by atoms with van der Waals surface area (Å²) in [5, 5.41) is 6.81. The third kappa shape index (κ3) is 4.03. The molecule has 2 aromatic carbocycles. The lowest BCUT2D eigenvalue weighted by Gasteiger charge is -2.08. The van der Waals surface area contributed by atoms with Gasteiger partial charge in [0.05, 0.1) is 12.7 Å². The van der Waals surface area contributed by atoms with E-state index in [1.54, 1.807) is 18.2 Å². The van der Waals surface area contributed by atoms with Crippen LogP contribution in [0.3, 0.4) is 0 Å². The Hall–Kier alpha value is -3.15. The van der Waals surface area contributed by atoms with Crippen LogP contribution in [0.2, 0.25) is 0 Å². The first-order chi connectivity index (χ1) is 12.2. The van der Waals surface area contributed by atoms with Crippen molar-refractivity contribution in [3.8, 4) is 17.1 Å². The second-order valence-corrected chi connectivity index (χ2v) is 5.58. The number of amides is 1. The maximum absolute atomic E-state index is 12.2. The van der Waals surface area contributed by atoms with Crippen molar-refractivity contribution in [2.75, 3.05) is 13.7 Å². The molecule has 0 aliphatic carbocycles. The molecule has 1 N–H and O–H groups in total. The summed E-state index contributed by atoms with van der Waals surface area (Å²) in [4.78, 5) is 16.6. The summed E-state index contributed by atoms with van der Waals surface area (Å²) in [7, 11) is 1.54. The van der Waals surface area contributed by atoms with Gasteiger partial charge in [-0.05, 0) is 19.1 Å². The zero-order valence-electron chi connectivity index (χ0n) is 14.2. The van der Waals surface area contributed by atoms with E-state index in [1.807, 2.05) is 37.3 Å². The van der Waals surface area contributed by atoms with Crippen molar-refractivity contribution in [3.05, 3.63) is 65.5 Å². The first-order valence-corrected chi connectivity index (χ1v) is 7.98. The van der Waals surface area contributed by atoms with Gasteiger partial charge < -0.3 is 14.6 Å². The van der Waals surface area contributed by atoms with E-state index in [1.165, 1.54) is 12.7 Å². The molecular formula is C19H19N3O3. The Morgan fingerprint density at radius 2 is 1.92 bits per heavy atom. The van der Waals surface area contributed by atoms with Crippen molar-refractivity contribution in [1.29, 1.82) is 0 Å². The average Bonchev–Trinajstić information content (AvgIpc) is 3.11. The Morgan fingerprint density at radius 3 is 2.68 bits per heavy atom. The quantitative estimate of drug-likeness (QED) is 0.748. The molecule has 3 rings (SSSR count). The number of para-hydroxylation sites is 1. The molecule has 1 heterocycles. The molecule has 0 unspecified atom stereocenters. The van der Waals surface area contributed by atoms with Crippen LogP contribution >= 0.6 is 0 Å². The van der Waals surface area contributed by atoms with Crippen LogP contribution in [-0.2, 0) is 6.42 Å². The van der Waals surface area contributed by atoms with E-state index in [-0.39, 0.29) is 5.91 Å². The lowest BCUT2D eigenvalue weighted by molar-refractivity contribution is 0.0950. The smallest absolute Gasteiger partial charge is 0.255 e. The molecule has 128 valence electrons. The van der Waals surface area contributed by atoms with E-state index in [0.29, 0.717) is 36.0 Å². The highest BCUT2D eigenvalue weighted by molar-refractivity contribution is 5.96. The van der Waals surface area contributed by atoms with Gasteiger partial charge >= 0.3 is 0 Å². The molecule has 6 nitrogen and oxygen atoms in total. The number of hydrogen-bond donors (Lipinski definition) is 1. The van der Waals surface area contributed by atoms with Gasteiger partial charge in [0.15, 0.2) is 0 Å². The van der Waals surface area contributed by atoms with Crippen LogP contribution in [0.15, 0.2) is 53.1 Å². The zero-order chi connectivity index (χ0) is 17.6. The minimum atomic E-state index is -0.198. The maximum atomic E-state index is 12.2. The van der Waals surface area contributed by atoms with Crippen LogP contribution in [0.5, 0.6) is 5.75 Å². The number of nitrogens with zero attached hydrogens (tertiary/aromatic N) is 2. The molecule has 0 radical (unpaired) electrons. The first-order valence-electron chi connectivity index (χ1n) is 7.98. The van der Waals surface area contributed by atoms with E-state index in [0.717, 1.165) is 5.56 Å². The van der Waals surface area contributed by atoms with Gasteiger partial charge in [0, 0.05) is 18.5 Å². The van der Waals surface area contributed by atoms with Crippen LogP contribution < -0.4 is 10.1 Å². The maximum Gasteiger partial charge on any atom is 0.255 e. The number of rotatable bonds is 6. The molecule has 0 aliphatic heterocycles. The van der Waals surface area contributed by atoms with Gasteiger partial charge in [0.2, 0.25) is 11.7 Å². The number of aromatic nitrogens is 2. The van der Waals surface area contributed by atoms with Crippen LogP contribution in [0.4, 0.5) is 0 Å². The highest BCUT2D eigenvalue weighted by Crippen LogP contribution is 2.18. The van der Waals surface area contributed by atoms with Crippen LogP contribution in [0.1, 0.15) is 21.8 Å². The van der Waals surface area contributed by atoms with E-state index in [2.05, 4.69) is 15.5 Å². The van der Waals surface area contributed by atoms with Gasteiger partial charge in [-0.2, -0.15) is 4.98 Å². The highest BCUT2D eigenvalue weighted by Gasteiger charge is 2.12. The van der Waals surface area contributed by atoms with Gasteiger partial charge in [0.1, 0.15) is 5.75 Å². The van der Waals surface area contributed by atoms with Crippen LogP contribution in [-0.4, -0.2) is 29.7 Å². The Balaban J connectivity index is 1.57. The van der Waals surface area contributed by atoms with Gasteiger partial charge in [0.25, 0.3) is 5.91 Å². The van der Waals surface area contributed by atoms with E-state index in [9.17, 15) is 4.79 Å². The Bertz CT molecular complexity index is 856.